The maximum absolute atomic E-state index is 13.7. The molecule has 0 radical (unpaired) electrons. The van der Waals surface area contributed by atoms with E-state index in [4.69, 9.17) is 10.1 Å². The highest BCUT2D eigenvalue weighted by Gasteiger charge is 2.38. The number of sulfone groups is 1. The van der Waals surface area contributed by atoms with Crippen molar-refractivity contribution in [3.05, 3.63) is 71.0 Å². The first-order chi connectivity index (χ1) is 14.7. The predicted molar refractivity (Wildman–Crippen MR) is 117 cm³/mol. The van der Waals surface area contributed by atoms with E-state index in [0.29, 0.717) is 16.9 Å². The molecule has 31 heavy (non-hydrogen) atoms. The molecule has 2 aliphatic heterocycles. The summed E-state index contributed by atoms with van der Waals surface area (Å²) in [6, 6.07) is 13.0. The number of benzene rings is 2. The molecule has 1 N–H and O–H groups in total. The Hall–Kier alpha value is -3.31. The van der Waals surface area contributed by atoms with Crippen LogP contribution in [0.15, 0.2) is 64.2 Å². The van der Waals surface area contributed by atoms with Crippen LogP contribution in [0.3, 0.4) is 0 Å². The highest BCUT2D eigenvalue weighted by molar-refractivity contribution is 8.42. The van der Waals surface area contributed by atoms with E-state index < -0.39 is 15.7 Å². The summed E-state index contributed by atoms with van der Waals surface area (Å²) in [5, 5.41) is 13.2. The van der Waals surface area contributed by atoms with Crippen LogP contribution >= 0.6 is 11.8 Å². The number of rotatable bonds is 4. The number of aliphatic imine (C=N–C) groups is 1. The lowest BCUT2D eigenvalue weighted by atomic mass is 10.1. The fraction of sp³-hybridized carbons (Fsp3) is 0.100. The highest BCUT2D eigenvalue weighted by Crippen LogP contribution is 2.30. The fourth-order valence-corrected chi connectivity index (χ4v) is 4.41. The van der Waals surface area contributed by atoms with Crippen LogP contribution in [0.5, 0.6) is 5.75 Å². The SMILES string of the molecule is CS(=O)(=O)C1=NN2C(=N)/C(=C\c3ccc(OCc4ccccc4F)cc3)C(=O)N=C2S1. The molecule has 0 spiro atoms. The number of carbonyl (C=O) groups is 1. The van der Waals surface area contributed by atoms with Crippen molar-refractivity contribution in [1.82, 2.24) is 5.01 Å². The van der Waals surface area contributed by atoms with Gasteiger partial charge in [-0.3, -0.25) is 10.2 Å². The Balaban J connectivity index is 1.51. The van der Waals surface area contributed by atoms with Crippen LogP contribution in [0, 0.1) is 11.2 Å². The van der Waals surface area contributed by atoms with Gasteiger partial charge in [0.05, 0.1) is 5.57 Å². The molecule has 0 saturated carbocycles. The van der Waals surface area contributed by atoms with E-state index >= 15 is 0 Å². The van der Waals surface area contributed by atoms with Crippen LogP contribution in [0.1, 0.15) is 11.1 Å². The Kier molecular flexibility index (Phi) is 5.46. The predicted octanol–water partition coefficient (Wildman–Crippen LogP) is 3.03. The number of thioether (sulfide) groups is 1. The molecule has 0 aromatic heterocycles. The second-order valence-corrected chi connectivity index (χ2v) is 9.75. The maximum Gasteiger partial charge on any atom is 0.283 e. The van der Waals surface area contributed by atoms with Crippen molar-refractivity contribution < 1.29 is 22.3 Å². The second-order valence-electron chi connectivity index (χ2n) is 6.61. The monoisotopic (exact) mass is 458 g/mol. The van der Waals surface area contributed by atoms with Crippen molar-refractivity contribution in [2.75, 3.05) is 6.26 Å². The number of hydrogen-bond donors (Lipinski definition) is 1. The molecule has 158 valence electrons. The highest BCUT2D eigenvalue weighted by atomic mass is 32.3. The first-order valence-corrected chi connectivity index (χ1v) is 11.6. The molecular formula is C20H15FN4O4S2. The minimum atomic E-state index is -3.59. The molecule has 0 aliphatic carbocycles. The minimum Gasteiger partial charge on any atom is -0.489 e. The van der Waals surface area contributed by atoms with E-state index in [2.05, 4.69) is 10.1 Å². The average Bonchev–Trinajstić information content (AvgIpc) is 3.16. The maximum atomic E-state index is 13.7. The molecule has 0 saturated heterocycles. The lowest BCUT2D eigenvalue weighted by Crippen LogP contribution is -2.35. The summed E-state index contributed by atoms with van der Waals surface area (Å²) < 4.78 is 42.4. The number of ether oxygens (including phenoxy) is 1. The van der Waals surface area contributed by atoms with Gasteiger partial charge < -0.3 is 4.74 Å². The third kappa shape index (κ3) is 4.42. The molecule has 0 fully saturated rings. The molecule has 2 aromatic carbocycles. The van der Waals surface area contributed by atoms with Crippen LogP contribution in [0.2, 0.25) is 0 Å². The number of amidine groups is 2. The third-order valence-electron chi connectivity index (χ3n) is 4.30. The van der Waals surface area contributed by atoms with Crippen molar-refractivity contribution in [3.63, 3.8) is 0 Å². The molecule has 4 rings (SSSR count). The molecule has 0 bridgehead atoms. The molecule has 2 heterocycles. The molecule has 0 unspecified atom stereocenters. The van der Waals surface area contributed by atoms with Gasteiger partial charge in [-0.05, 0) is 41.6 Å². The topological polar surface area (TPSA) is 112 Å². The number of hydrazone groups is 1. The Morgan fingerprint density at radius 1 is 1.19 bits per heavy atom. The second kappa shape index (κ2) is 8.08. The van der Waals surface area contributed by atoms with E-state index in [1.165, 1.54) is 12.1 Å². The molecule has 1 amide bonds. The number of nitrogens with zero attached hydrogens (tertiary/aromatic N) is 3. The van der Waals surface area contributed by atoms with Gasteiger partial charge in [-0.2, -0.15) is 10.0 Å². The van der Waals surface area contributed by atoms with Gasteiger partial charge in [0.15, 0.2) is 5.84 Å². The fourth-order valence-electron chi connectivity index (χ4n) is 2.73. The van der Waals surface area contributed by atoms with Gasteiger partial charge in [-0.1, -0.05) is 30.3 Å². The summed E-state index contributed by atoms with van der Waals surface area (Å²) >= 11 is 0.730. The van der Waals surface area contributed by atoms with Gasteiger partial charge in [-0.15, -0.1) is 5.10 Å². The Morgan fingerprint density at radius 3 is 2.58 bits per heavy atom. The Bertz CT molecular complexity index is 1280. The Labute approximate surface area is 181 Å². The number of carbonyl (C=O) groups excluding carboxylic acids is 1. The van der Waals surface area contributed by atoms with E-state index in [-0.39, 0.29) is 33.4 Å². The largest absolute Gasteiger partial charge is 0.489 e. The smallest absolute Gasteiger partial charge is 0.283 e. The van der Waals surface area contributed by atoms with Gasteiger partial charge in [0.2, 0.25) is 19.4 Å². The number of halogens is 1. The first kappa shape index (κ1) is 20.9. The van der Waals surface area contributed by atoms with Gasteiger partial charge in [0, 0.05) is 11.8 Å². The third-order valence-corrected chi connectivity index (χ3v) is 6.87. The van der Waals surface area contributed by atoms with Crippen molar-refractivity contribution in [2.24, 2.45) is 10.1 Å². The van der Waals surface area contributed by atoms with Crippen LogP contribution in [0.25, 0.3) is 6.08 Å². The van der Waals surface area contributed by atoms with E-state index in [9.17, 15) is 17.6 Å². The summed E-state index contributed by atoms with van der Waals surface area (Å²) in [5.41, 5.74) is 1.01. The first-order valence-electron chi connectivity index (χ1n) is 8.89. The van der Waals surface area contributed by atoms with Gasteiger partial charge in [0.25, 0.3) is 5.91 Å². The minimum absolute atomic E-state index is 0.0251. The molecule has 2 aliphatic rings. The van der Waals surface area contributed by atoms with Crippen LogP contribution in [0.4, 0.5) is 4.39 Å². The summed E-state index contributed by atoms with van der Waals surface area (Å²) in [7, 11) is -3.59. The average molecular weight is 458 g/mol. The summed E-state index contributed by atoms with van der Waals surface area (Å²) in [5.74, 6) is -0.761. The van der Waals surface area contributed by atoms with Crippen LogP contribution < -0.4 is 4.74 Å². The van der Waals surface area contributed by atoms with E-state index in [1.54, 1.807) is 42.5 Å². The number of nitrogens with one attached hydrogen (secondary N) is 1. The van der Waals surface area contributed by atoms with Crippen molar-refractivity contribution in [1.29, 1.82) is 5.41 Å². The zero-order valence-electron chi connectivity index (χ0n) is 16.1. The molecular weight excluding hydrogens is 443 g/mol. The molecule has 8 nitrogen and oxygen atoms in total. The number of fused-ring (bicyclic) bond motifs is 1. The lowest BCUT2D eigenvalue weighted by Gasteiger charge is -2.20. The number of amides is 1. The summed E-state index contributed by atoms with van der Waals surface area (Å²) in [6.45, 7) is 0.0705. The Morgan fingerprint density at radius 2 is 1.90 bits per heavy atom. The van der Waals surface area contributed by atoms with Crippen molar-refractivity contribution >= 4 is 49.0 Å². The lowest BCUT2D eigenvalue weighted by molar-refractivity contribution is -0.114. The normalized spacial score (nSPS) is 17.5. The van der Waals surface area contributed by atoms with Crippen LogP contribution in [-0.2, 0) is 21.2 Å². The molecule has 0 atom stereocenters. The van der Waals surface area contributed by atoms with Crippen molar-refractivity contribution in [2.45, 2.75) is 6.61 Å². The van der Waals surface area contributed by atoms with Gasteiger partial charge in [0.1, 0.15) is 18.2 Å². The quantitative estimate of drug-likeness (QED) is 0.705. The molecule has 11 heteroatoms. The van der Waals surface area contributed by atoms with Crippen molar-refractivity contribution in [3.8, 4) is 5.75 Å². The van der Waals surface area contributed by atoms with Gasteiger partial charge in [-0.25, -0.2) is 12.8 Å². The molecule has 2 aromatic rings. The van der Waals surface area contributed by atoms with Crippen LogP contribution in [-0.4, -0.2) is 41.0 Å². The number of hydrogen-bond acceptors (Lipinski definition) is 7. The summed E-state index contributed by atoms with van der Waals surface area (Å²) in [6.07, 6.45) is 2.46. The zero-order valence-corrected chi connectivity index (χ0v) is 17.7. The van der Waals surface area contributed by atoms with E-state index in [0.717, 1.165) is 23.0 Å². The zero-order chi connectivity index (χ0) is 22.2. The van der Waals surface area contributed by atoms with Gasteiger partial charge >= 0.3 is 0 Å². The van der Waals surface area contributed by atoms with E-state index in [1.807, 2.05) is 0 Å². The summed E-state index contributed by atoms with van der Waals surface area (Å²) in [4.78, 5) is 16.2. The standard InChI is InChI=1S/C20H15FN4O4S2/c1-31(27,28)20-24-25-17(22)15(18(26)23-19(25)30-20)10-12-6-8-14(9-7-12)29-11-13-4-2-3-5-16(13)21/h2-10,22H,11H2,1H3/b15-10+,22-17?.